The molecule has 3 fully saturated rings. The predicted octanol–water partition coefficient (Wildman–Crippen LogP) is 2.51. The lowest BCUT2D eigenvalue weighted by molar-refractivity contribution is -0.131. The molecule has 2 heterocycles. The van der Waals surface area contributed by atoms with Crippen LogP contribution in [-0.2, 0) is 4.79 Å². The second-order valence-electron chi connectivity index (χ2n) is 5.92. The van der Waals surface area contributed by atoms with E-state index in [0.717, 1.165) is 25.3 Å². The van der Waals surface area contributed by atoms with Gasteiger partial charge in [-0.3, -0.25) is 10.1 Å². The number of amides is 1. The number of hydrogen-bond acceptors (Lipinski definition) is 3. The highest BCUT2D eigenvalue weighted by atomic mass is 32.1. The van der Waals surface area contributed by atoms with Crippen LogP contribution in [0.4, 0.5) is 0 Å². The van der Waals surface area contributed by atoms with Crippen LogP contribution in [0.5, 0.6) is 0 Å². The van der Waals surface area contributed by atoms with Gasteiger partial charge in [-0.2, -0.15) is 11.3 Å². The highest BCUT2D eigenvalue weighted by molar-refractivity contribution is 7.07. The Morgan fingerprint density at radius 2 is 2.28 bits per heavy atom. The largest absolute Gasteiger partial charge is 0.321 e. The molecule has 1 atom stereocenters. The molecule has 0 radical (unpaired) electrons. The summed E-state index contributed by atoms with van der Waals surface area (Å²) in [7, 11) is 0. The summed E-state index contributed by atoms with van der Waals surface area (Å²) >= 11 is 1.71. The van der Waals surface area contributed by atoms with Crippen molar-refractivity contribution in [3.05, 3.63) is 22.4 Å². The van der Waals surface area contributed by atoms with Gasteiger partial charge in [0.15, 0.2) is 0 Å². The summed E-state index contributed by atoms with van der Waals surface area (Å²) in [5.74, 6) is 1.23. The first kappa shape index (κ1) is 11.0. The maximum Gasteiger partial charge on any atom is 0.244 e. The summed E-state index contributed by atoms with van der Waals surface area (Å²) in [5, 5.41) is 7.83. The first-order valence-corrected chi connectivity index (χ1v) is 7.84. The van der Waals surface area contributed by atoms with Crippen molar-refractivity contribution in [1.82, 2.24) is 10.2 Å². The fraction of sp³-hybridized carbons (Fsp3) is 0.643. The van der Waals surface area contributed by atoms with Gasteiger partial charge < -0.3 is 4.90 Å². The summed E-state index contributed by atoms with van der Waals surface area (Å²) in [6, 6.07) is 2.14. The molecular formula is C14H18N2OS. The van der Waals surface area contributed by atoms with Crippen molar-refractivity contribution in [2.75, 3.05) is 6.54 Å². The van der Waals surface area contributed by atoms with Crippen LogP contribution < -0.4 is 5.32 Å². The fourth-order valence-electron chi connectivity index (χ4n) is 2.93. The van der Waals surface area contributed by atoms with Gasteiger partial charge in [0.2, 0.25) is 5.91 Å². The maximum atomic E-state index is 12.5. The molecule has 0 bridgehead atoms. The number of thiophene rings is 1. The molecule has 1 N–H and O–H groups in total. The highest BCUT2D eigenvalue weighted by Crippen LogP contribution is 2.46. The molecule has 2 aliphatic carbocycles. The average molecular weight is 262 g/mol. The first-order valence-electron chi connectivity index (χ1n) is 6.89. The number of carbonyl (C=O) groups is 1. The van der Waals surface area contributed by atoms with E-state index in [2.05, 4.69) is 27.0 Å². The molecule has 1 aliphatic heterocycles. The van der Waals surface area contributed by atoms with Gasteiger partial charge in [-0.25, -0.2) is 0 Å². The van der Waals surface area contributed by atoms with Crippen molar-refractivity contribution < 1.29 is 4.79 Å². The maximum absolute atomic E-state index is 12.5. The first-order chi connectivity index (χ1) is 8.78. The van der Waals surface area contributed by atoms with Crippen LogP contribution in [0.25, 0.3) is 0 Å². The quantitative estimate of drug-likeness (QED) is 0.904. The molecule has 3 nitrogen and oxygen atoms in total. The molecule has 96 valence electrons. The molecule has 1 saturated heterocycles. The Morgan fingerprint density at radius 1 is 1.44 bits per heavy atom. The fourth-order valence-corrected chi connectivity index (χ4v) is 3.61. The molecule has 4 heteroatoms. The van der Waals surface area contributed by atoms with Crippen LogP contribution in [0.15, 0.2) is 16.8 Å². The molecule has 1 amide bonds. The molecule has 1 aromatic heterocycles. The van der Waals surface area contributed by atoms with Gasteiger partial charge in [-0.05, 0) is 47.6 Å². The molecular weight excluding hydrogens is 244 g/mol. The van der Waals surface area contributed by atoms with E-state index in [1.807, 2.05) is 0 Å². The van der Waals surface area contributed by atoms with E-state index >= 15 is 0 Å². The number of nitrogens with one attached hydrogen (secondary N) is 1. The number of nitrogens with zero attached hydrogens (tertiary/aromatic N) is 1. The third-order valence-corrected chi connectivity index (χ3v) is 5.18. The molecule has 3 aliphatic rings. The zero-order chi connectivity index (χ0) is 12.2. The SMILES string of the molecule is O=C1N(CCC2CC2)C(c2ccsc2)NC12CC2. The lowest BCUT2D eigenvalue weighted by atomic mass is 10.2. The molecule has 4 rings (SSSR count). The monoisotopic (exact) mass is 262 g/mol. The molecule has 1 unspecified atom stereocenters. The molecule has 18 heavy (non-hydrogen) atoms. The third kappa shape index (κ3) is 1.70. The average Bonchev–Trinajstić information content (AvgIpc) is 3.27. The van der Waals surface area contributed by atoms with Crippen molar-refractivity contribution in [1.29, 1.82) is 0 Å². The third-order valence-electron chi connectivity index (χ3n) is 4.48. The zero-order valence-corrected chi connectivity index (χ0v) is 11.2. The summed E-state index contributed by atoms with van der Waals surface area (Å²) in [4.78, 5) is 14.6. The Bertz CT molecular complexity index is 462. The van der Waals surface area contributed by atoms with Gasteiger partial charge in [0, 0.05) is 6.54 Å². The number of carbonyl (C=O) groups excluding carboxylic acids is 1. The number of hydrogen-bond donors (Lipinski definition) is 1. The predicted molar refractivity (Wildman–Crippen MR) is 71.2 cm³/mol. The second-order valence-corrected chi connectivity index (χ2v) is 6.70. The minimum Gasteiger partial charge on any atom is -0.321 e. The molecule has 0 aromatic carbocycles. The van der Waals surface area contributed by atoms with Crippen LogP contribution in [0, 0.1) is 5.92 Å². The highest BCUT2D eigenvalue weighted by Gasteiger charge is 2.59. The normalized spacial score (nSPS) is 29.2. The Labute approximate surface area is 111 Å². The van der Waals surface area contributed by atoms with Crippen LogP contribution in [-0.4, -0.2) is 22.9 Å². The standard InChI is InChI=1S/C14H18N2OS/c17-13-14(5-6-14)15-12(11-4-8-18-9-11)16(13)7-3-10-1-2-10/h4,8-10,12,15H,1-3,5-7H2. The summed E-state index contributed by atoms with van der Waals surface area (Å²) < 4.78 is 0. The van der Waals surface area contributed by atoms with Crippen molar-refractivity contribution in [3.8, 4) is 0 Å². The van der Waals surface area contributed by atoms with E-state index in [-0.39, 0.29) is 11.7 Å². The van der Waals surface area contributed by atoms with Crippen molar-refractivity contribution in [2.24, 2.45) is 5.92 Å². The van der Waals surface area contributed by atoms with E-state index in [0.29, 0.717) is 5.91 Å². The van der Waals surface area contributed by atoms with Crippen molar-refractivity contribution >= 4 is 17.2 Å². The van der Waals surface area contributed by atoms with Gasteiger partial charge in [-0.15, -0.1) is 0 Å². The van der Waals surface area contributed by atoms with Crippen molar-refractivity contribution in [3.63, 3.8) is 0 Å². The summed E-state index contributed by atoms with van der Waals surface area (Å²) in [5.41, 5.74) is 1.07. The number of rotatable bonds is 4. The van der Waals surface area contributed by atoms with Gasteiger partial charge in [0.05, 0.1) is 0 Å². The van der Waals surface area contributed by atoms with Crippen LogP contribution in [0.2, 0.25) is 0 Å². The van der Waals surface area contributed by atoms with E-state index in [9.17, 15) is 4.79 Å². The van der Waals surface area contributed by atoms with E-state index < -0.39 is 0 Å². The van der Waals surface area contributed by atoms with Crippen LogP contribution in [0.1, 0.15) is 43.8 Å². The van der Waals surface area contributed by atoms with Crippen molar-refractivity contribution in [2.45, 2.75) is 43.8 Å². The topological polar surface area (TPSA) is 32.3 Å². The second kappa shape index (κ2) is 3.81. The minimum atomic E-state index is -0.184. The van der Waals surface area contributed by atoms with Gasteiger partial charge in [-0.1, -0.05) is 12.8 Å². The summed E-state index contributed by atoms with van der Waals surface area (Å²) in [6.07, 6.45) is 6.08. The Hall–Kier alpha value is -0.870. The lowest BCUT2D eigenvalue weighted by Gasteiger charge is -2.23. The molecule has 1 spiro atoms. The molecule has 2 saturated carbocycles. The smallest absolute Gasteiger partial charge is 0.244 e. The van der Waals surface area contributed by atoms with E-state index in [1.54, 1.807) is 11.3 Å². The van der Waals surface area contributed by atoms with E-state index in [1.165, 1.54) is 24.8 Å². The Morgan fingerprint density at radius 3 is 2.89 bits per heavy atom. The van der Waals surface area contributed by atoms with Gasteiger partial charge in [0.25, 0.3) is 0 Å². The summed E-state index contributed by atoms with van der Waals surface area (Å²) in [6.45, 7) is 0.929. The molecule has 1 aromatic rings. The lowest BCUT2D eigenvalue weighted by Crippen LogP contribution is -2.33. The van der Waals surface area contributed by atoms with Gasteiger partial charge >= 0.3 is 0 Å². The Kier molecular flexibility index (Phi) is 2.33. The van der Waals surface area contributed by atoms with Crippen LogP contribution in [0.3, 0.4) is 0 Å². The van der Waals surface area contributed by atoms with E-state index in [4.69, 9.17) is 0 Å². The minimum absolute atomic E-state index is 0.130. The Balaban J connectivity index is 1.56. The van der Waals surface area contributed by atoms with Gasteiger partial charge in [0.1, 0.15) is 11.7 Å². The zero-order valence-electron chi connectivity index (χ0n) is 10.4. The van der Waals surface area contributed by atoms with Crippen LogP contribution >= 0.6 is 11.3 Å².